The van der Waals surface area contributed by atoms with E-state index in [2.05, 4.69) is 4.98 Å². The van der Waals surface area contributed by atoms with Gasteiger partial charge in [0.1, 0.15) is 0 Å². The van der Waals surface area contributed by atoms with Crippen molar-refractivity contribution in [1.82, 2.24) is 9.55 Å². The average Bonchev–Trinajstić information content (AvgIpc) is 2.99. The first-order valence-corrected chi connectivity index (χ1v) is 8.48. The van der Waals surface area contributed by atoms with Gasteiger partial charge < -0.3 is 18.8 Å². The van der Waals surface area contributed by atoms with E-state index in [1.165, 1.54) is 0 Å². The van der Waals surface area contributed by atoms with E-state index in [4.69, 9.17) is 14.2 Å². The van der Waals surface area contributed by atoms with Crippen molar-refractivity contribution >= 4 is 17.0 Å². The van der Waals surface area contributed by atoms with Crippen LogP contribution in [0.2, 0.25) is 0 Å². The molecule has 3 aromatic rings. The van der Waals surface area contributed by atoms with E-state index in [1.54, 1.807) is 25.3 Å². The Hall–Kier alpha value is -3.02. The highest BCUT2D eigenvalue weighted by molar-refractivity contribution is 5.90. The summed E-state index contributed by atoms with van der Waals surface area (Å²) in [4.78, 5) is 17.1. The summed E-state index contributed by atoms with van der Waals surface area (Å²) in [7, 11) is 3.47. The van der Waals surface area contributed by atoms with Gasteiger partial charge in [-0.3, -0.25) is 0 Å². The van der Waals surface area contributed by atoms with Gasteiger partial charge in [0.05, 0.1) is 30.3 Å². The van der Waals surface area contributed by atoms with Gasteiger partial charge in [-0.1, -0.05) is 12.1 Å². The van der Waals surface area contributed by atoms with Gasteiger partial charge in [0, 0.05) is 7.05 Å². The van der Waals surface area contributed by atoms with E-state index < -0.39 is 12.1 Å². The van der Waals surface area contributed by atoms with Crippen molar-refractivity contribution in [2.45, 2.75) is 20.0 Å². The predicted octanol–water partition coefficient (Wildman–Crippen LogP) is 3.90. The molecular formula is C20H22N2O4. The SMILES string of the molecule is CCOc1cc(C(=O)O[C@@H](C)c2nc3ccccc3n2C)ccc1OC. The van der Waals surface area contributed by atoms with E-state index in [9.17, 15) is 4.79 Å². The molecule has 136 valence electrons. The Kier molecular flexibility index (Phi) is 5.11. The number of hydrogen-bond acceptors (Lipinski definition) is 5. The predicted molar refractivity (Wildman–Crippen MR) is 98.7 cm³/mol. The molecule has 26 heavy (non-hydrogen) atoms. The summed E-state index contributed by atoms with van der Waals surface area (Å²) >= 11 is 0. The lowest BCUT2D eigenvalue weighted by Gasteiger charge is -2.15. The van der Waals surface area contributed by atoms with Gasteiger partial charge >= 0.3 is 5.97 Å². The number of para-hydroxylation sites is 2. The molecular weight excluding hydrogens is 332 g/mol. The van der Waals surface area contributed by atoms with Crippen LogP contribution in [0.15, 0.2) is 42.5 Å². The van der Waals surface area contributed by atoms with Gasteiger partial charge in [-0.05, 0) is 44.2 Å². The van der Waals surface area contributed by atoms with Crippen molar-refractivity contribution in [3.05, 3.63) is 53.9 Å². The number of aryl methyl sites for hydroxylation is 1. The van der Waals surface area contributed by atoms with Crippen LogP contribution in [0.5, 0.6) is 11.5 Å². The van der Waals surface area contributed by atoms with Crippen LogP contribution in [0.25, 0.3) is 11.0 Å². The van der Waals surface area contributed by atoms with Gasteiger partial charge in [-0.15, -0.1) is 0 Å². The number of fused-ring (bicyclic) bond motifs is 1. The molecule has 0 aliphatic heterocycles. The topological polar surface area (TPSA) is 62.6 Å². The zero-order valence-corrected chi connectivity index (χ0v) is 15.4. The summed E-state index contributed by atoms with van der Waals surface area (Å²) < 4.78 is 18.3. The maximum Gasteiger partial charge on any atom is 0.338 e. The van der Waals surface area contributed by atoms with Crippen molar-refractivity contribution < 1.29 is 19.0 Å². The van der Waals surface area contributed by atoms with E-state index in [0.717, 1.165) is 11.0 Å². The smallest absolute Gasteiger partial charge is 0.338 e. The fraction of sp³-hybridized carbons (Fsp3) is 0.300. The number of rotatable bonds is 6. The van der Waals surface area contributed by atoms with Crippen molar-refractivity contribution in [3.63, 3.8) is 0 Å². The molecule has 0 radical (unpaired) electrons. The van der Waals surface area contributed by atoms with Gasteiger partial charge in [-0.2, -0.15) is 0 Å². The van der Waals surface area contributed by atoms with Crippen LogP contribution in [-0.4, -0.2) is 29.2 Å². The summed E-state index contributed by atoms with van der Waals surface area (Å²) in [6.07, 6.45) is -0.488. The second-order valence-corrected chi connectivity index (χ2v) is 5.86. The first kappa shape index (κ1) is 17.8. The van der Waals surface area contributed by atoms with Crippen molar-refractivity contribution in [1.29, 1.82) is 0 Å². The zero-order chi connectivity index (χ0) is 18.7. The zero-order valence-electron chi connectivity index (χ0n) is 15.4. The number of ether oxygens (including phenoxy) is 3. The van der Waals surface area contributed by atoms with Crippen LogP contribution in [0.3, 0.4) is 0 Å². The Morgan fingerprint density at radius 2 is 1.96 bits per heavy atom. The maximum atomic E-state index is 12.6. The quantitative estimate of drug-likeness (QED) is 0.628. The third-order valence-corrected chi connectivity index (χ3v) is 4.17. The molecule has 0 aliphatic rings. The van der Waals surface area contributed by atoms with Crippen LogP contribution in [-0.2, 0) is 11.8 Å². The Labute approximate surface area is 152 Å². The summed E-state index contributed by atoms with van der Waals surface area (Å²) in [6, 6.07) is 12.8. The van der Waals surface area contributed by atoms with E-state index >= 15 is 0 Å². The van der Waals surface area contributed by atoms with E-state index in [-0.39, 0.29) is 0 Å². The molecule has 0 N–H and O–H groups in total. The molecule has 0 spiro atoms. The minimum Gasteiger partial charge on any atom is -0.493 e. The molecule has 2 aromatic carbocycles. The van der Waals surface area contributed by atoms with Crippen molar-refractivity contribution in [3.8, 4) is 11.5 Å². The Morgan fingerprint density at radius 3 is 2.65 bits per heavy atom. The Bertz CT molecular complexity index is 933. The van der Waals surface area contributed by atoms with Crippen LogP contribution in [0.1, 0.15) is 36.1 Å². The molecule has 0 unspecified atom stereocenters. The van der Waals surface area contributed by atoms with E-state index in [0.29, 0.717) is 29.5 Å². The van der Waals surface area contributed by atoms with Crippen LogP contribution in [0, 0.1) is 0 Å². The number of hydrogen-bond donors (Lipinski definition) is 0. The standard InChI is InChI=1S/C20H22N2O4/c1-5-25-18-12-14(10-11-17(18)24-4)20(23)26-13(2)19-21-15-8-6-7-9-16(15)22(19)3/h6-13H,5H2,1-4H3/t13-/m0/s1. The van der Waals surface area contributed by atoms with Crippen LogP contribution >= 0.6 is 0 Å². The van der Waals surface area contributed by atoms with Crippen LogP contribution in [0.4, 0.5) is 0 Å². The highest BCUT2D eigenvalue weighted by Gasteiger charge is 2.20. The molecule has 3 rings (SSSR count). The fourth-order valence-electron chi connectivity index (χ4n) is 2.88. The molecule has 1 atom stereocenters. The largest absolute Gasteiger partial charge is 0.493 e. The van der Waals surface area contributed by atoms with Gasteiger partial charge in [0.2, 0.25) is 0 Å². The fourth-order valence-corrected chi connectivity index (χ4v) is 2.88. The lowest BCUT2D eigenvalue weighted by atomic mass is 10.2. The summed E-state index contributed by atoms with van der Waals surface area (Å²) in [6.45, 7) is 4.16. The molecule has 0 saturated carbocycles. The highest BCUT2D eigenvalue weighted by atomic mass is 16.5. The second kappa shape index (κ2) is 7.47. The lowest BCUT2D eigenvalue weighted by Crippen LogP contribution is -2.13. The average molecular weight is 354 g/mol. The molecule has 6 heteroatoms. The molecule has 1 aromatic heterocycles. The minimum absolute atomic E-state index is 0.403. The summed E-state index contributed by atoms with van der Waals surface area (Å²) in [5.74, 6) is 1.35. The molecule has 0 saturated heterocycles. The summed E-state index contributed by atoms with van der Waals surface area (Å²) in [5, 5.41) is 0. The minimum atomic E-state index is -0.488. The molecule has 6 nitrogen and oxygen atoms in total. The molecule has 0 amide bonds. The van der Waals surface area contributed by atoms with Crippen LogP contribution < -0.4 is 9.47 Å². The third kappa shape index (κ3) is 3.35. The number of aromatic nitrogens is 2. The van der Waals surface area contributed by atoms with Gasteiger partial charge in [0.15, 0.2) is 23.4 Å². The Balaban J connectivity index is 1.82. The number of benzene rings is 2. The normalized spacial score (nSPS) is 12.0. The van der Waals surface area contributed by atoms with E-state index in [1.807, 2.05) is 49.7 Å². The van der Waals surface area contributed by atoms with Crippen molar-refractivity contribution in [2.24, 2.45) is 7.05 Å². The van der Waals surface area contributed by atoms with Gasteiger partial charge in [0.25, 0.3) is 0 Å². The number of esters is 1. The van der Waals surface area contributed by atoms with Crippen molar-refractivity contribution in [2.75, 3.05) is 13.7 Å². The first-order chi connectivity index (χ1) is 12.5. The lowest BCUT2D eigenvalue weighted by molar-refractivity contribution is 0.0315. The third-order valence-electron chi connectivity index (χ3n) is 4.17. The molecule has 1 heterocycles. The number of nitrogens with zero attached hydrogens (tertiary/aromatic N) is 2. The van der Waals surface area contributed by atoms with Gasteiger partial charge in [-0.25, -0.2) is 9.78 Å². The number of imidazole rings is 1. The highest BCUT2D eigenvalue weighted by Crippen LogP contribution is 2.29. The number of carbonyl (C=O) groups excluding carboxylic acids is 1. The summed E-state index contributed by atoms with van der Waals surface area (Å²) in [5.41, 5.74) is 2.27. The maximum absolute atomic E-state index is 12.6. The molecule has 0 bridgehead atoms. The second-order valence-electron chi connectivity index (χ2n) is 5.86. The first-order valence-electron chi connectivity index (χ1n) is 8.48. The monoisotopic (exact) mass is 354 g/mol. The molecule has 0 aliphatic carbocycles. The number of carbonyl (C=O) groups is 1. The Morgan fingerprint density at radius 1 is 1.19 bits per heavy atom. The molecule has 0 fully saturated rings. The number of methoxy groups -OCH3 is 1.